The molecule has 0 spiro atoms. The Morgan fingerprint density at radius 2 is 1.80 bits per heavy atom. The van der Waals surface area contributed by atoms with E-state index in [0.29, 0.717) is 0 Å². The van der Waals surface area contributed by atoms with E-state index in [1.54, 1.807) is 0 Å². The minimum atomic E-state index is -1.04. The number of carboxylic acids is 1. The first kappa shape index (κ1) is 6.74. The van der Waals surface area contributed by atoms with Crippen LogP contribution in [0.25, 0.3) is 0 Å². The van der Waals surface area contributed by atoms with Gasteiger partial charge in [0, 0.05) is 0 Å². The average molecular weight is 146 g/mol. The summed E-state index contributed by atoms with van der Waals surface area (Å²) in [7, 11) is 0. The molecule has 52 valence electrons. The maximum Gasteiger partial charge on any atom is 0.335 e. The number of hydrogen-bond donors (Lipinski definition) is 1. The highest BCUT2D eigenvalue weighted by Gasteiger charge is 1.99. The minimum Gasteiger partial charge on any atom is -0.478 e. The van der Waals surface area contributed by atoms with Crippen LogP contribution in [0.4, 0.5) is 4.39 Å². The summed E-state index contributed by atoms with van der Waals surface area (Å²) < 4.78 is 12.2. The molecule has 0 saturated heterocycles. The number of halogens is 1. The molecule has 0 unspecified atom stereocenters. The molecule has 0 aliphatic heterocycles. The molecule has 10 heavy (non-hydrogen) atoms. The van der Waals surface area contributed by atoms with Crippen LogP contribution in [0.5, 0.6) is 0 Å². The number of rotatable bonds is 1. The van der Waals surface area contributed by atoms with Crippen LogP contribution in [0.1, 0.15) is 10.4 Å². The third-order valence-electron chi connectivity index (χ3n) is 1.09. The molecule has 0 saturated carbocycles. The summed E-state index contributed by atoms with van der Waals surface area (Å²) in [6.45, 7) is 0. The Balaban J connectivity index is 3.00. The summed E-state index contributed by atoms with van der Waals surface area (Å²) in [6, 6.07) is 4.67. The van der Waals surface area contributed by atoms with E-state index in [2.05, 4.69) is 0 Å². The Morgan fingerprint density at radius 3 is 2.20 bits per heavy atom. The molecular formula is C7H5FO2. The van der Waals surface area contributed by atoms with E-state index in [1.165, 1.54) is 12.1 Å². The topological polar surface area (TPSA) is 37.3 Å². The Kier molecular flexibility index (Phi) is 1.67. The van der Waals surface area contributed by atoms with Crippen molar-refractivity contribution in [2.75, 3.05) is 0 Å². The van der Waals surface area contributed by atoms with Crippen LogP contribution in [-0.2, 0) is 0 Å². The SMILES string of the molecule is O=C(O)[13c]1[13cH][13cH][13c](F)[13cH][13cH]1. The Labute approximate surface area is 56.9 Å². The van der Waals surface area contributed by atoms with E-state index in [9.17, 15) is 9.18 Å². The zero-order valence-electron chi connectivity index (χ0n) is 5.04. The van der Waals surface area contributed by atoms with Crippen LogP contribution in [-0.4, -0.2) is 11.1 Å². The van der Waals surface area contributed by atoms with Crippen LogP contribution < -0.4 is 0 Å². The molecule has 0 radical (unpaired) electrons. The summed E-state index contributed by atoms with van der Waals surface area (Å²) in [4.78, 5) is 10.2. The van der Waals surface area contributed by atoms with Crippen LogP contribution in [0.3, 0.4) is 0 Å². The number of hydrogen-bond acceptors (Lipinski definition) is 1. The smallest absolute Gasteiger partial charge is 0.335 e. The van der Waals surface area contributed by atoms with Crippen molar-refractivity contribution in [3.63, 3.8) is 0 Å². The minimum absolute atomic E-state index is 0.0985. The van der Waals surface area contributed by atoms with Gasteiger partial charge in [0.25, 0.3) is 0 Å². The fourth-order valence-corrected chi connectivity index (χ4v) is 0.592. The molecule has 1 aromatic carbocycles. The Bertz CT molecular complexity index is 240. The molecule has 0 heterocycles. The first-order valence-corrected chi connectivity index (χ1v) is 2.69. The second kappa shape index (κ2) is 2.47. The lowest BCUT2D eigenvalue weighted by molar-refractivity contribution is 0.0697. The van der Waals surface area contributed by atoms with Crippen molar-refractivity contribution in [3.8, 4) is 0 Å². The first-order chi connectivity index (χ1) is 4.70. The van der Waals surface area contributed by atoms with Gasteiger partial charge in [0.2, 0.25) is 0 Å². The monoisotopic (exact) mass is 146 g/mol. The van der Waals surface area contributed by atoms with E-state index in [4.69, 9.17) is 5.11 Å². The fraction of sp³-hybridized carbons (Fsp3) is 0. The van der Waals surface area contributed by atoms with Gasteiger partial charge in [0.15, 0.2) is 0 Å². The van der Waals surface area contributed by atoms with Crippen molar-refractivity contribution >= 4 is 5.97 Å². The van der Waals surface area contributed by atoms with Crippen molar-refractivity contribution in [3.05, 3.63) is 35.6 Å². The molecule has 3 heteroatoms. The third kappa shape index (κ3) is 1.31. The van der Waals surface area contributed by atoms with Crippen LogP contribution in [0, 0.1) is 5.82 Å². The molecule has 0 aliphatic rings. The normalized spacial score (nSPS) is 9.30. The van der Waals surface area contributed by atoms with E-state index in [1.807, 2.05) is 0 Å². The van der Waals surface area contributed by atoms with Crippen molar-refractivity contribution < 1.29 is 14.3 Å². The molecule has 0 aliphatic carbocycles. The third-order valence-corrected chi connectivity index (χ3v) is 1.09. The summed E-state index contributed by atoms with van der Waals surface area (Å²) in [6.07, 6.45) is 0. The largest absolute Gasteiger partial charge is 0.478 e. The lowest BCUT2D eigenvalue weighted by Crippen LogP contribution is -1.94. The zero-order chi connectivity index (χ0) is 7.56. The van der Waals surface area contributed by atoms with Gasteiger partial charge >= 0.3 is 5.97 Å². The van der Waals surface area contributed by atoms with Gasteiger partial charge in [-0.1, -0.05) is 0 Å². The lowest BCUT2D eigenvalue weighted by Gasteiger charge is -1.90. The van der Waals surface area contributed by atoms with Crippen molar-refractivity contribution in [1.82, 2.24) is 0 Å². The fourth-order valence-electron chi connectivity index (χ4n) is 0.592. The van der Waals surface area contributed by atoms with Gasteiger partial charge in [0.05, 0.1) is 5.56 Å². The maximum atomic E-state index is 12.2. The number of carboxylic acid groups (broad SMARTS) is 1. The summed E-state index contributed by atoms with van der Waals surface area (Å²) in [5.74, 6) is -1.47. The van der Waals surface area contributed by atoms with Crippen molar-refractivity contribution in [2.45, 2.75) is 0 Å². The predicted octanol–water partition coefficient (Wildman–Crippen LogP) is 1.52. The molecule has 0 aromatic heterocycles. The highest BCUT2D eigenvalue weighted by atomic mass is 19.2. The van der Waals surface area contributed by atoms with Gasteiger partial charge in [-0.2, -0.15) is 0 Å². The highest BCUT2D eigenvalue weighted by Crippen LogP contribution is 2.01. The van der Waals surface area contributed by atoms with Crippen molar-refractivity contribution in [2.24, 2.45) is 0 Å². The summed E-state index contributed by atoms with van der Waals surface area (Å²) in [5.41, 5.74) is 0.0985. The number of benzene rings is 1. The van der Waals surface area contributed by atoms with Gasteiger partial charge < -0.3 is 5.11 Å². The molecular weight excluding hydrogens is 141 g/mol. The van der Waals surface area contributed by atoms with E-state index < -0.39 is 11.8 Å². The number of aromatic carboxylic acids is 1. The molecule has 1 aromatic rings. The molecule has 0 bridgehead atoms. The maximum absolute atomic E-state index is 12.2. The average Bonchev–Trinajstić information content (AvgIpc) is 1.88. The summed E-state index contributed by atoms with van der Waals surface area (Å²) >= 11 is 0. The summed E-state index contributed by atoms with van der Waals surface area (Å²) in [5, 5.41) is 8.35. The molecule has 0 amide bonds. The van der Waals surface area contributed by atoms with Gasteiger partial charge in [-0.3, -0.25) is 0 Å². The second-order valence-electron chi connectivity index (χ2n) is 1.81. The quantitative estimate of drug-likeness (QED) is 0.652. The van der Waals surface area contributed by atoms with Gasteiger partial charge in [-0.15, -0.1) is 0 Å². The highest BCUT2D eigenvalue weighted by molar-refractivity contribution is 5.87. The Hall–Kier alpha value is -1.38. The van der Waals surface area contributed by atoms with E-state index >= 15 is 0 Å². The van der Waals surface area contributed by atoms with Gasteiger partial charge in [0.1, 0.15) is 5.82 Å². The number of carbonyl (C=O) groups is 1. The van der Waals surface area contributed by atoms with Gasteiger partial charge in [-0.25, -0.2) is 9.18 Å². The first-order valence-electron chi connectivity index (χ1n) is 2.69. The van der Waals surface area contributed by atoms with E-state index in [-0.39, 0.29) is 5.56 Å². The van der Waals surface area contributed by atoms with Crippen LogP contribution >= 0.6 is 0 Å². The molecule has 1 N–H and O–H groups in total. The predicted molar refractivity (Wildman–Crippen MR) is 33.4 cm³/mol. The molecule has 0 fully saturated rings. The molecule has 2 nitrogen and oxygen atoms in total. The van der Waals surface area contributed by atoms with E-state index in [0.717, 1.165) is 12.1 Å². The lowest BCUT2D eigenvalue weighted by atomic mass is 10.9. The standard InChI is InChI=1S/C7H5FO2/c8-6-3-1-5(2-4-6)7(9)10/h1-4H,(H,9,10)/i1+1,2+1,3+1,4+1,5+1,6+1. The molecule has 1 rings (SSSR count). The zero-order valence-corrected chi connectivity index (χ0v) is 5.04. The van der Waals surface area contributed by atoms with Crippen molar-refractivity contribution in [1.29, 1.82) is 0 Å². The molecule has 0 atom stereocenters. The Morgan fingerprint density at radius 1 is 1.30 bits per heavy atom. The van der Waals surface area contributed by atoms with Crippen LogP contribution in [0.2, 0.25) is 0 Å². The van der Waals surface area contributed by atoms with Crippen LogP contribution in [0.15, 0.2) is 24.3 Å². The van der Waals surface area contributed by atoms with Gasteiger partial charge in [-0.05, 0) is 24.3 Å². The second-order valence-corrected chi connectivity index (χ2v) is 1.81.